The molecule has 0 aromatic heterocycles. The number of carbonyl (C=O) groups is 1. The van der Waals surface area contributed by atoms with Gasteiger partial charge >= 0.3 is 0 Å². The van der Waals surface area contributed by atoms with Gasteiger partial charge in [0.05, 0.1) is 5.56 Å². The van der Waals surface area contributed by atoms with Crippen molar-refractivity contribution in [3.8, 4) is 0 Å². The number of amides is 1. The molecule has 3 nitrogen and oxygen atoms in total. The van der Waals surface area contributed by atoms with Crippen molar-refractivity contribution in [1.29, 1.82) is 0 Å². The molecule has 0 unspecified atom stereocenters. The first kappa shape index (κ1) is 13.9. The summed E-state index contributed by atoms with van der Waals surface area (Å²) in [4.78, 5) is 14.4. The molecule has 1 aliphatic rings. The van der Waals surface area contributed by atoms with Crippen molar-refractivity contribution in [2.45, 2.75) is 32.1 Å². The molecule has 0 bridgehead atoms. The van der Waals surface area contributed by atoms with Crippen molar-refractivity contribution < 1.29 is 4.79 Å². The molecular formula is C16H24N2O. The van der Waals surface area contributed by atoms with Crippen LogP contribution in [0.5, 0.6) is 0 Å². The molecular weight excluding hydrogens is 236 g/mol. The molecule has 3 heteroatoms. The fraction of sp³-hybridized carbons (Fsp3) is 0.562. The summed E-state index contributed by atoms with van der Waals surface area (Å²) < 4.78 is 0. The summed E-state index contributed by atoms with van der Waals surface area (Å²) in [5.74, 6) is 0.806. The molecule has 1 aromatic carbocycles. The Morgan fingerprint density at radius 3 is 2.63 bits per heavy atom. The average Bonchev–Trinajstić information content (AvgIpc) is 2.47. The number of hydrogen-bond donors (Lipinski definition) is 1. The van der Waals surface area contributed by atoms with Gasteiger partial charge in [-0.3, -0.25) is 4.79 Å². The SMILES string of the molecule is CNc1ccccc1C(=O)N(C)CC1CCCCC1. The second kappa shape index (κ2) is 6.60. The minimum absolute atomic E-state index is 0.121. The van der Waals surface area contributed by atoms with Crippen molar-refractivity contribution in [3.05, 3.63) is 29.8 Å². The molecule has 1 amide bonds. The molecule has 19 heavy (non-hydrogen) atoms. The molecule has 1 fully saturated rings. The summed E-state index contributed by atoms with van der Waals surface area (Å²) >= 11 is 0. The van der Waals surface area contributed by atoms with Gasteiger partial charge in [0, 0.05) is 26.3 Å². The third kappa shape index (κ3) is 3.49. The monoisotopic (exact) mass is 260 g/mol. The van der Waals surface area contributed by atoms with Gasteiger partial charge in [0.15, 0.2) is 0 Å². The van der Waals surface area contributed by atoms with Gasteiger partial charge in [0.25, 0.3) is 5.91 Å². The Kier molecular flexibility index (Phi) is 4.83. The van der Waals surface area contributed by atoms with Gasteiger partial charge in [-0.1, -0.05) is 31.4 Å². The smallest absolute Gasteiger partial charge is 0.255 e. The Morgan fingerprint density at radius 1 is 1.26 bits per heavy atom. The zero-order valence-electron chi connectivity index (χ0n) is 12.0. The normalized spacial score (nSPS) is 16.1. The minimum Gasteiger partial charge on any atom is -0.387 e. The molecule has 1 N–H and O–H groups in total. The van der Waals surface area contributed by atoms with Crippen LogP contribution in [0.4, 0.5) is 5.69 Å². The average molecular weight is 260 g/mol. The van der Waals surface area contributed by atoms with E-state index in [1.165, 1.54) is 32.1 Å². The standard InChI is InChI=1S/C16H24N2O/c1-17-15-11-7-6-10-14(15)16(19)18(2)12-13-8-4-3-5-9-13/h6-7,10-11,13,17H,3-5,8-9,12H2,1-2H3. The second-order valence-corrected chi connectivity index (χ2v) is 5.49. The molecule has 1 saturated carbocycles. The Labute approximate surface area is 116 Å². The van der Waals surface area contributed by atoms with E-state index in [9.17, 15) is 4.79 Å². The van der Waals surface area contributed by atoms with Crippen LogP contribution in [0.2, 0.25) is 0 Å². The highest BCUT2D eigenvalue weighted by molar-refractivity contribution is 5.99. The summed E-state index contributed by atoms with van der Waals surface area (Å²) in [5.41, 5.74) is 1.67. The molecule has 2 rings (SSSR count). The summed E-state index contributed by atoms with van der Waals surface area (Å²) in [6.45, 7) is 0.886. The maximum Gasteiger partial charge on any atom is 0.255 e. The fourth-order valence-corrected chi connectivity index (χ4v) is 2.93. The van der Waals surface area contributed by atoms with Crippen LogP contribution in [0.25, 0.3) is 0 Å². The van der Waals surface area contributed by atoms with Crippen molar-refractivity contribution >= 4 is 11.6 Å². The van der Waals surface area contributed by atoms with Crippen molar-refractivity contribution in [2.75, 3.05) is 26.0 Å². The third-order valence-corrected chi connectivity index (χ3v) is 4.03. The van der Waals surface area contributed by atoms with Crippen LogP contribution in [-0.2, 0) is 0 Å². The van der Waals surface area contributed by atoms with Gasteiger partial charge in [0.2, 0.25) is 0 Å². The first-order valence-corrected chi connectivity index (χ1v) is 7.24. The highest BCUT2D eigenvalue weighted by Crippen LogP contribution is 2.25. The molecule has 104 valence electrons. The number of anilines is 1. The van der Waals surface area contributed by atoms with Crippen LogP contribution >= 0.6 is 0 Å². The highest BCUT2D eigenvalue weighted by atomic mass is 16.2. The maximum atomic E-state index is 12.5. The van der Waals surface area contributed by atoms with Crippen LogP contribution < -0.4 is 5.32 Å². The van der Waals surface area contributed by atoms with E-state index in [4.69, 9.17) is 0 Å². The molecule has 0 radical (unpaired) electrons. The van der Waals surface area contributed by atoms with E-state index in [0.717, 1.165) is 17.8 Å². The van der Waals surface area contributed by atoms with E-state index in [1.54, 1.807) is 0 Å². The van der Waals surface area contributed by atoms with E-state index < -0.39 is 0 Å². The number of para-hydroxylation sites is 1. The number of hydrogen-bond acceptors (Lipinski definition) is 2. The number of rotatable bonds is 4. The summed E-state index contributed by atoms with van der Waals surface area (Å²) in [6, 6.07) is 7.71. The lowest BCUT2D eigenvalue weighted by molar-refractivity contribution is 0.0761. The van der Waals surface area contributed by atoms with Crippen LogP contribution in [0.3, 0.4) is 0 Å². The predicted octanol–water partition coefficient (Wildman–Crippen LogP) is 3.38. The quantitative estimate of drug-likeness (QED) is 0.900. The Hall–Kier alpha value is -1.51. The Morgan fingerprint density at radius 2 is 1.95 bits per heavy atom. The zero-order chi connectivity index (χ0) is 13.7. The Bertz CT molecular complexity index is 425. The lowest BCUT2D eigenvalue weighted by Gasteiger charge is -2.27. The highest BCUT2D eigenvalue weighted by Gasteiger charge is 2.20. The second-order valence-electron chi connectivity index (χ2n) is 5.49. The third-order valence-electron chi connectivity index (χ3n) is 4.03. The summed E-state index contributed by atoms with van der Waals surface area (Å²) in [5, 5.41) is 3.09. The van der Waals surface area contributed by atoms with E-state index >= 15 is 0 Å². The van der Waals surface area contributed by atoms with Crippen LogP contribution in [0.15, 0.2) is 24.3 Å². The van der Waals surface area contributed by atoms with Gasteiger partial charge < -0.3 is 10.2 Å². The van der Waals surface area contributed by atoms with Gasteiger partial charge in [-0.2, -0.15) is 0 Å². The minimum atomic E-state index is 0.121. The van der Waals surface area contributed by atoms with Crippen LogP contribution in [0, 0.1) is 5.92 Å². The van der Waals surface area contributed by atoms with E-state index in [2.05, 4.69) is 5.32 Å². The molecule has 0 saturated heterocycles. The lowest BCUT2D eigenvalue weighted by Crippen LogP contribution is -2.33. The number of carbonyl (C=O) groups excluding carboxylic acids is 1. The largest absolute Gasteiger partial charge is 0.387 e. The summed E-state index contributed by atoms with van der Waals surface area (Å²) in [7, 11) is 3.77. The maximum absolute atomic E-state index is 12.5. The Balaban J connectivity index is 2.01. The van der Waals surface area contributed by atoms with Crippen LogP contribution in [-0.4, -0.2) is 31.4 Å². The fourth-order valence-electron chi connectivity index (χ4n) is 2.93. The van der Waals surface area contributed by atoms with Gasteiger partial charge in [-0.25, -0.2) is 0 Å². The lowest BCUT2D eigenvalue weighted by atomic mass is 9.89. The molecule has 0 heterocycles. The van der Waals surface area contributed by atoms with Gasteiger partial charge in [0.1, 0.15) is 0 Å². The predicted molar refractivity (Wildman–Crippen MR) is 79.5 cm³/mol. The van der Waals surface area contributed by atoms with Gasteiger partial charge in [-0.05, 0) is 30.9 Å². The van der Waals surface area contributed by atoms with E-state index in [0.29, 0.717) is 5.92 Å². The van der Waals surface area contributed by atoms with E-state index in [1.807, 2.05) is 43.3 Å². The van der Waals surface area contributed by atoms with Gasteiger partial charge in [-0.15, -0.1) is 0 Å². The number of benzene rings is 1. The molecule has 0 atom stereocenters. The van der Waals surface area contributed by atoms with Crippen molar-refractivity contribution in [2.24, 2.45) is 5.92 Å². The molecule has 1 aromatic rings. The molecule has 0 spiro atoms. The first-order chi connectivity index (χ1) is 9.22. The first-order valence-electron chi connectivity index (χ1n) is 7.24. The topological polar surface area (TPSA) is 32.3 Å². The molecule has 0 aliphatic heterocycles. The van der Waals surface area contributed by atoms with E-state index in [-0.39, 0.29) is 5.91 Å². The number of nitrogens with zero attached hydrogens (tertiary/aromatic N) is 1. The number of nitrogens with one attached hydrogen (secondary N) is 1. The van der Waals surface area contributed by atoms with Crippen molar-refractivity contribution in [3.63, 3.8) is 0 Å². The van der Waals surface area contributed by atoms with Crippen LogP contribution in [0.1, 0.15) is 42.5 Å². The van der Waals surface area contributed by atoms with Crippen molar-refractivity contribution in [1.82, 2.24) is 4.90 Å². The summed E-state index contributed by atoms with van der Waals surface area (Å²) in [6.07, 6.45) is 6.53. The zero-order valence-corrected chi connectivity index (χ0v) is 12.0. The molecule has 1 aliphatic carbocycles.